The van der Waals surface area contributed by atoms with Gasteiger partial charge in [0.05, 0.1) is 17.9 Å². The summed E-state index contributed by atoms with van der Waals surface area (Å²) in [6.07, 6.45) is 3.82. The van der Waals surface area contributed by atoms with E-state index in [1.165, 1.54) is 0 Å². The van der Waals surface area contributed by atoms with Crippen LogP contribution in [0.2, 0.25) is 0 Å². The van der Waals surface area contributed by atoms with Gasteiger partial charge in [0.1, 0.15) is 0 Å². The van der Waals surface area contributed by atoms with Gasteiger partial charge in [-0.1, -0.05) is 0 Å². The lowest BCUT2D eigenvalue weighted by Crippen LogP contribution is -2.22. The maximum Gasteiger partial charge on any atom is 0.0924 e. The molecule has 2 heterocycles. The van der Waals surface area contributed by atoms with Crippen LogP contribution in [-0.2, 0) is 7.05 Å². The molecule has 0 aliphatic rings. The molecule has 0 aliphatic heterocycles. The fourth-order valence-corrected chi connectivity index (χ4v) is 1.95. The zero-order valence-electron chi connectivity index (χ0n) is 9.88. The molecule has 1 unspecified atom stereocenters. The molecule has 0 radical (unpaired) electrons. The number of rotatable bonds is 3. The van der Waals surface area contributed by atoms with Crippen LogP contribution in [0.5, 0.6) is 0 Å². The average Bonchev–Trinajstić information content (AvgIpc) is 2.76. The molecule has 2 aromatic heterocycles. The van der Waals surface area contributed by atoms with Gasteiger partial charge in [-0.05, 0) is 19.9 Å². The lowest BCUT2D eigenvalue weighted by Gasteiger charge is -2.15. The minimum absolute atomic E-state index is 0.0717. The van der Waals surface area contributed by atoms with Crippen molar-refractivity contribution in [3.63, 3.8) is 0 Å². The first-order valence-electron chi connectivity index (χ1n) is 5.33. The Bertz CT molecular complexity index is 482. The highest BCUT2D eigenvalue weighted by Crippen LogP contribution is 2.18. The van der Waals surface area contributed by atoms with Gasteiger partial charge in [-0.15, -0.1) is 0 Å². The Morgan fingerprint density at radius 2 is 2.19 bits per heavy atom. The zero-order valence-corrected chi connectivity index (χ0v) is 9.88. The van der Waals surface area contributed by atoms with E-state index < -0.39 is 0 Å². The Hall–Kier alpha value is -1.62. The SMILES string of the molecule is Cc1cc(C)n(C(CN)c2cnn(C)c2)n1. The molecule has 0 fully saturated rings. The Morgan fingerprint density at radius 3 is 2.62 bits per heavy atom. The van der Waals surface area contributed by atoms with Crippen LogP contribution in [0.25, 0.3) is 0 Å². The molecule has 2 aromatic rings. The summed E-state index contributed by atoms with van der Waals surface area (Å²) in [5.74, 6) is 0. The number of hydrogen-bond acceptors (Lipinski definition) is 3. The topological polar surface area (TPSA) is 61.7 Å². The Morgan fingerprint density at radius 1 is 1.44 bits per heavy atom. The van der Waals surface area contributed by atoms with Gasteiger partial charge in [0, 0.05) is 31.0 Å². The second kappa shape index (κ2) is 4.09. The van der Waals surface area contributed by atoms with Gasteiger partial charge in [-0.2, -0.15) is 10.2 Å². The fourth-order valence-electron chi connectivity index (χ4n) is 1.95. The molecule has 2 rings (SSSR count). The van der Waals surface area contributed by atoms with Crippen LogP contribution in [0.3, 0.4) is 0 Å². The highest BCUT2D eigenvalue weighted by Gasteiger charge is 2.16. The predicted molar refractivity (Wildman–Crippen MR) is 62.1 cm³/mol. The normalized spacial score (nSPS) is 13.0. The first-order valence-corrected chi connectivity index (χ1v) is 5.33. The maximum absolute atomic E-state index is 5.83. The third-order valence-electron chi connectivity index (χ3n) is 2.67. The quantitative estimate of drug-likeness (QED) is 0.830. The summed E-state index contributed by atoms with van der Waals surface area (Å²) in [5.41, 5.74) is 9.06. The van der Waals surface area contributed by atoms with Gasteiger partial charge in [-0.3, -0.25) is 9.36 Å². The van der Waals surface area contributed by atoms with Crippen LogP contribution in [0.1, 0.15) is 23.0 Å². The molecular weight excluding hydrogens is 202 g/mol. The lowest BCUT2D eigenvalue weighted by molar-refractivity contribution is 0.516. The summed E-state index contributed by atoms with van der Waals surface area (Å²) >= 11 is 0. The predicted octanol–water partition coefficient (Wildman–Crippen LogP) is 0.782. The summed E-state index contributed by atoms with van der Waals surface area (Å²) in [5, 5.41) is 8.63. The van der Waals surface area contributed by atoms with E-state index in [1.807, 2.05) is 38.0 Å². The summed E-state index contributed by atoms with van der Waals surface area (Å²) in [7, 11) is 1.90. The molecule has 0 saturated carbocycles. The second-order valence-corrected chi connectivity index (χ2v) is 4.07. The maximum atomic E-state index is 5.83. The van der Waals surface area contributed by atoms with Crippen molar-refractivity contribution in [2.45, 2.75) is 19.9 Å². The molecule has 2 N–H and O–H groups in total. The minimum Gasteiger partial charge on any atom is -0.328 e. The van der Waals surface area contributed by atoms with E-state index >= 15 is 0 Å². The van der Waals surface area contributed by atoms with Gasteiger partial charge in [-0.25, -0.2) is 0 Å². The number of nitrogens with two attached hydrogens (primary N) is 1. The first kappa shape index (κ1) is 10.9. The highest BCUT2D eigenvalue weighted by molar-refractivity contribution is 5.16. The van der Waals surface area contributed by atoms with Crippen molar-refractivity contribution in [1.82, 2.24) is 19.6 Å². The van der Waals surface area contributed by atoms with Gasteiger partial charge in [0.25, 0.3) is 0 Å². The number of aromatic nitrogens is 4. The highest BCUT2D eigenvalue weighted by atomic mass is 15.3. The van der Waals surface area contributed by atoms with Crippen molar-refractivity contribution in [3.05, 3.63) is 35.4 Å². The van der Waals surface area contributed by atoms with E-state index in [1.54, 1.807) is 4.68 Å². The van der Waals surface area contributed by atoms with Gasteiger partial charge in [0.15, 0.2) is 0 Å². The van der Waals surface area contributed by atoms with Crippen molar-refractivity contribution in [3.8, 4) is 0 Å². The van der Waals surface area contributed by atoms with Crippen LogP contribution < -0.4 is 5.73 Å². The van der Waals surface area contributed by atoms with E-state index in [0.717, 1.165) is 17.0 Å². The summed E-state index contributed by atoms with van der Waals surface area (Å²) in [4.78, 5) is 0. The fraction of sp³-hybridized carbons (Fsp3) is 0.455. The smallest absolute Gasteiger partial charge is 0.0924 e. The van der Waals surface area contributed by atoms with Gasteiger partial charge < -0.3 is 5.73 Å². The van der Waals surface area contributed by atoms with Crippen LogP contribution in [0.4, 0.5) is 0 Å². The van der Waals surface area contributed by atoms with E-state index in [9.17, 15) is 0 Å². The molecule has 1 atom stereocenters. The van der Waals surface area contributed by atoms with Crippen LogP contribution in [0.15, 0.2) is 18.5 Å². The van der Waals surface area contributed by atoms with E-state index in [0.29, 0.717) is 6.54 Å². The van der Waals surface area contributed by atoms with Crippen LogP contribution in [0, 0.1) is 13.8 Å². The molecule has 5 heteroatoms. The third kappa shape index (κ3) is 1.86. The monoisotopic (exact) mass is 219 g/mol. The zero-order chi connectivity index (χ0) is 11.7. The van der Waals surface area contributed by atoms with Crippen molar-refractivity contribution in [1.29, 1.82) is 0 Å². The van der Waals surface area contributed by atoms with E-state index in [2.05, 4.69) is 16.3 Å². The molecule has 86 valence electrons. The Balaban J connectivity index is 2.40. The second-order valence-electron chi connectivity index (χ2n) is 4.07. The van der Waals surface area contributed by atoms with Crippen LogP contribution >= 0.6 is 0 Å². The van der Waals surface area contributed by atoms with E-state index in [4.69, 9.17) is 5.73 Å². The molecule has 0 bridgehead atoms. The first-order chi connectivity index (χ1) is 7.61. The molecule has 0 aromatic carbocycles. The largest absolute Gasteiger partial charge is 0.328 e. The molecule has 0 saturated heterocycles. The van der Waals surface area contributed by atoms with Crippen molar-refractivity contribution < 1.29 is 0 Å². The molecular formula is C11H17N5. The van der Waals surface area contributed by atoms with Crippen molar-refractivity contribution in [2.24, 2.45) is 12.8 Å². The van der Waals surface area contributed by atoms with Crippen molar-refractivity contribution >= 4 is 0 Å². The van der Waals surface area contributed by atoms with Crippen LogP contribution in [-0.4, -0.2) is 26.1 Å². The molecule has 5 nitrogen and oxygen atoms in total. The molecule has 0 amide bonds. The average molecular weight is 219 g/mol. The summed E-state index contributed by atoms with van der Waals surface area (Å²) < 4.78 is 3.75. The summed E-state index contributed by atoms with van der Waals surface area (Å²) in [6.45, 7) is 4.55. The molecule has 16 heavy (non-hydrogen) atoms. The number of nitrogens with zero attached hydrogens (tertiary/aromatic N) is 4. The molecule has 0 spiro atoms. The molecule has 0 aliphatic carbocycles. The third-order valence-corrected chi connectivity index (χ3v) is 2.67. The Labute approximate surface area is 94.9 Å². The number of aryl methyl sites for hydroxylation is 3. The standard InChI is InChI=1S/C11H17N5/c1-8-4-9(2)16(14-8)11(5-12)10-6-13-15(3)7-10/h4,6-7,11H,5,12H2,1-3H3. The van der Waals surface area contributed by atoms with Gasteiger partial charge >= 0.3 is 0 Å². The minimum atomic E-state index is 0.0717. The summed E-state index contributed by atoms with van der Waals surface area (Å²) in [6, 6.07) is 2.13. The van der Waals surface area contributed by atoms with Crippen molar-refractivity contribution in [2.75, 3.05) is 6.54 Å². The van der Waals surface area contributed by atoms with Gasteiger partial charge in [0.2, 0.25) is 0 Å². The van der Waals surface area contributed by atoms with E-state index in [-0.39, 0.29) is 6.04 Å². The number of hydrogen-bond donors (Lipinski definition) is 1. The Kier molecular flexibility index (Phi) is 2.78. The lowest BCUT2D eigenvalue weighted by atomic mass is 10.1.